The summed E-state index contributed by atoms with van der Waals surface area (Å²) in [6.45, 7) is 2.33. The van der Waals surface area contributed by atoms with Gasteiger partial charge in [0.05, 0.1) is 17.1 Å². The van der Waals surface area contributed by atoms with Crippen LogP contribution in [-0.2, 0) is 4.79 Å². The van der Waals surface area contributed by atoms with Crippen LogP contribution in [0.3, 0.4) is 0 Å². The minimum atomic E-state index is -0.320. The number of amides is 3. The summed E-state index contributed by atoms with van der Waals surface area (Å²) in [4.78, 5) is 28.0. The Morgan fingerprint density at radius 2 is 1.50 bits per heavy atom. The number of anilines is 2. The molecule has 7 heteroatoms. The molecule has 0 aliphatic carbocycles. The number of hydrogen-bond acceptors (Lipinski definition) is 3. The van der Waals surface area contributed by atoms with Gasteiger partial charge >= 0.3 is 6.03 Å². The quantitative estimate of drug-likeness (QED) is 0.251. The van der Waals surface area contributed by atoms with Crippen LogP contribution < -0.4 is 10.6 Å². The van der Waals surface area contributed by atoms with Crippen LogP contribution in [0.2, 0.25) is 0 Å². The van der Waals surface area contributed by atoms with E-state index in [1.807, 2.05) is 116 Å². The van der Waals surface area contributed by atoms with Gasteiger partial charge in [0.1, 0.15) is 12.4 Å². The fourth-order valence-electron chi connectivity index (χ4n) is 4.39. The molecule has 38 heavy (non-hydrogen) atoms. The highest BCUT2D eigenvalue weighted by Gasteiger charge is 2.20. The van der Waals surface area contributed by atoms with Crippen molar-refractivity contribution in [2.24, 2.45) is 0 Å². The third-order valence-corrected chi connectivity index (χ3v) is 6.19. The van der Waals surface area contributed by atoms with E-state index in [0.29, 0.717) is 18.1 Å². The van der Waals surface area contributed by atoms with Crippen LogP contribution >= 0.6 is 0 Å². The number of nitrogens with one attached hydrogen (secondary N) is 2. The molecule has 0 bridgehead atoms. The van der Waals surface area contributed by atoms with Crippen molar-refractivity contribution >= 4 is 34.2 Å². The molecule has 1 aromatic heterocycles. The highest BCUT2D eigenvalue weighted by molar-refractivity contribution is 6.03. The highest BCUT2D eigenvalue weighted by atomic mass is 16.2. The first-order valence-corrected chi connectivity index (χ1v) is 12.7. The Hall–Kier alpha value is -4.91. The van der Waals surface area contributed by atoms with Crippen molar-refractivity contribution in [2.75, 3.05) is 23.7 Å². The number of hydrogen-bond donors (Lipinski definition) is 2. The van der Waals surface area contributed by atoms with Gasteiger partial charge in [-0.2, -0.15) is 5.10 Å². The molecule has 0 unspecified atom stereocenters. The van der Waals surface area contributed by atoms with Crippen LogP contribution in [-0.4, -0.2) is 39.7 Å². The van der Waals surface area contributed by atoms with Crippen LogP contribution in [0.25, 0.3) is 27.7 Å². The van der Waals surface area contributed by atoms with E-state index in [1.165, 1.54) is 4.90 Å². The minimum absolute atomic E-state index is 0.0922. The maximum absolute atomic E-state index is 13.2. The average Bonchev–Trinajstić information content (AvgIpc) is 3.37. The molecule has 0 fully saturated rings. The molecule has 0 saturated heterocycles. The molecular formula is C31H29N5O2. The van der Waals surface area contributed by atoms with E-state index in [4.69, 9.17) is 5.10 Å². The van der Waals surface area contributed by atoms with Crippen LogP contribution in [0.4, 0.5) is 16.3 Å². The van der Waals surface area contributed by atoms with Crippen molar-refractivity contribution in [1.29, 1.82) is 0 Å². The van der Waals surface area contributed by atoms with Crippen LogP contribution in [0.1, 0.15) is 13.3 Å². The normalized spacial score (nSPS) is 10.8. The molecule has 5 rings (SSSR count). The van der Waals surface area contributed by atoms with Gasteiger partial charge in [0.15, 0.2) is 0 Å². The van der Waals surface area contributed by atoms with Crippen molar-refractivity contribution in [3.8, 4) is 16.9 Å². The standard InChI is InChI=1S/C31H29N5O2/c1-2-20-35(31(38)32-27-19-11-15-23-12-9-10-18-26(23)27)22-30(37)33-29-21-28(24-13-5-3-6-14-24)34-36(29)25-16-7-4-8-17-25/h3-19,21H,2,20,22H2,1H3,(H,32,38)(H,33,37). The number of rotatable bonds is 8. The first kappa shape index (κ1) is 24.8. The number of urea groups is 1. The third kappa shape index (κ3) is 5.57. The summed E-state index contributed by atoms with van der Waals surface area (Å²) in [5, 5.41) is 12.7. The van der Waals surface area contributed by atoms with E-state index in [2.05, 4.69) is 10.6 Å². The smallest absolute Gasteiger partial charge is 0.315 e. The minimum Gasteiger partial charge on any atom is -0.315 e. The lowest BCUT2D eigenvalue weighted by Gasteiger charge is -2.22. The lowest BCUT2D eigenvalue weighted by Crippen LogP contribution is -2.41. The molecule has 7 nitrogen and oxygen atoms in total. The monoisotopic (exact) mass is 503 g/mol. The van der Waals surface area contributed by atoms with Crippen molar-refractivity contribution in [1.82, 2.24) is 14.7 Å². The summed E-state index contributed by atoms with van der Waals surface area (Å²) in [6.07, 6.45) is 0.719. The van der Waals surface area contributed by atoms with Crippen molar-refractivity contribution in [3.05, 3.63) is 109 Å². The first-order chi connectivity index (χ1) is 18.6. The fraction of sp³-hybridized carbons (Fsp3) is 0.129. The maximum atomic E-state index is 13.2. The van der Waals surface area contributed by atoms with Crippen molar-refractivity contribution < 1.29 is 9.59 Å². The number of para-hydroxylation sites is 1. The Labute approximate surface area is 221 Å². The van der Waals surface area contributed by atoms with Gasteiger partial charge in [-0.15, -0.1) is 0 Å². The van der Waals surface area contributed by atoms with Gasteiger partial charge in [0, 0.05) is 23.6 Å². The number of carbonyl (C=O) groups excluding carboxylic acids is 2. The summed E-state index contributed by atoms with van der Waals surface area (Å²) < 4.78 is 1.71. The summed E-state index contributed by atoms with van der Waals surface area (Å²) in [6, 6.07) is 34.6. The van der Waals surface area contributed by atoms with E-state index in [1.54, 1.807) is 4.68 Å². The zero-order valence-electron chi connectivity index (χ0n) is 21.2. The number of fused-ring (bicyclic) bond motifs is 1. The van der Waals surface area contributed by atoms with Crippen molar-refractivity contribution in [3.63, 3.8) is 0 Å². The van der Waals surface area contributed by atoms with E-state index < -0.39 is 0 Å². The van der Waals surface area contributed by atoms with Crippen molar-refractivity contribution in [2.45, 2.75) is 13.3 Å². The van der Waals surface area contributed by atoms with E-state index in [0.717, 1.165) is 34.1 Å². The molecule has 0 aliphatic rings. The second-order valence-corrected chi connectivity index (χ2v) is 8.95. The molecule has 0 saturated carbocycles. The molecule has 0 spiro atoms. The summed E-state index contributed by atoms with van der Waals surface area (Å²) in [5.74, 6) is 0.231. The molecule has 3 amide bonds. The predicted octanol–water partition coefficient (Wildman–Crippen LogP) is 6.58. The maximum Gasteiger partial charge on any atom is 0.322 e. The van der Waals surface area contributed by atoms with Gasteiger partial charge < -0.3 is 15.5 Å². The van der Waals surface area contributed by atoms with Gasteiger partial charge in [-0.3, -0.25) is 4.79 Å². The molecule has 0 radical (unpaired) electrons. The predicted molar refractivity (Wildman–Crippen MR) is 152 cm³/mol. The lowest BCUT2D eigenvalue weighted by atomic mass is 10.1. The van der Waals surface area contributed by atoms with E-state index >= 15 is 0 Å². The van der Waals surface area contributed by atoms with Gasteiger partial charge in [-0.1, -0.05) is 91.9 Å². The summed E-state index contributed by atoms with van der Waals surface area (Å²) in [7, 11) is 0. The fourth-order valence-corrected chi connectivity index (χ4v) is 4.39. The molecule has 1 heterocycles. The van der Waals surface area contributed by atoms with Crippen LogP contribution in [0, 0.1) is 0 Å². The Morgan fingerprint density at radius 1 is 0.816 bits per heavy atom. The SMILES string of the molecule is CCCN(CC(=O)Nc1cc(-c2ccccc2)nn1-c1ccccc1)C(=O)Nc1cccc2ccccc12. The van der Waals surface area contributed by atoms with Gasteiger partial charge in [0.25, 0.3) is 0 Å². The zero-order valence-corrected chi connectivity index (χ0v) is 21.2. The molecule has 2 N–H and O–H groups in total. The summed E-state index contributed by atoms with van der Waals surface area (Å²) >= 11 is 0. The Kier molecular flexibility index (Phi) is 7.45. The number of carbonyl (C=O) groups is 2. The van der Waals surface area contributed by atoms with E-state index in [-0.39, 0.29) is 18.5 Å². The molecule has 0 aliphatic heterocycles. The molecule has 190 valence electrons. The van der Waals surface area contributed by atoms with Gasteiger partial charge in [-0.25, -0.2) is 9.48 Å². The van der Waals surface area contributed by atoms with Crippen LogP contribution in [0.15, 0.2) is 109 Å². The summed E-state index contributed by atoms with van der Waals surface area (Å²) in [5.41, 5.74) is 3.22. The Morgan fingerprint density at radius 3 is 2.26 bits per heavy atom. The van der Waals surface area contributed by atoms with Gasteiger partial charge in [0.2, 0.25) is 5.91 Å². The third-order valence-electron chi connectivity index (χ3n) is 6.19. The number of benzene rings is 4. The largest absolute Gasteiger partial charge is 0.322 e. The Bertz CT molecular complexity index is 1540. The van der Waals surface area contributed by atoms with Crippen LogP contribution in [0.5, 0.6) is 0 Å². The second-order valence-electron chi connectivity index (χ2n) is 8.95. The molecule has 0 atom stereocenters. The number of aromatic nitrogens is 2. The lowest BCUT2D eigenvalue weighted by molar-refractivity contribution is -0.116. The van der Waals surface area contributed by atoms with Gasteiger partial charge in [-0.05, 0) is 30.0 Å². The topological polar surface area (TPSA) is 79.3 Å². The Balaban J connectivity index is 1.36. The molecule has 5 aromatic rings. The first-order valence-electron chi connectivity index (χ1n) is 12.7. The zero-order chi connectivity index (χ0) is 26.3. The molecular weight excluding hydrogens is 474 g/mol. The second kappa shape index (κ2) is 11.4. The molecule has 4 aromatic carbocycles. The van der Waals surface area contributed by atoms with E-state index in [9.17, 15) is 9.59 Å². The number of nitrogens with zero attached hydrogens (tertiary/aromatic N) is 3. The highest BCUT2D eigenvalue weighted by Crippen LogP contribution is 2.25. The average molecular weight is 504 g/mol.